The van der Waals surface area contributed by atoms with Gasteiger partial charge in [0.15, 0.2) is 11.8 Å². The van der Waals surface area contributed by atoms with Crippen LogP contribution in [0.1, 0.15) is 5.56 Å². The van der Waals surface area contributed by atoms with Crippen LogP contribution < -0.4 is 17.2 Å². The molecule has 0 saturated carbocycles. The molecular weight excluding hydrogens is 316 g/mol. The summed E-state index contributed by atoms with van der Waals surface area (Å²) in [4.78, 5) is 7.80. The fourth-order valence-electron chi connectivity index (χ4n) is 2.35. The van der Waals surface area contributed by atoms with Gasteiger partial charge in [0.1, 0.15) is 6.33 Å². The number of nitrogens with zero attached hydrogens (tertiary/aromatic N) is 5. The minimum atomic E-state index is -0.133. The quantitative estimate of drug-likeness (QED) is 0.487. The van der Waals surface area contributed by atoms with Crippen LogP contribution in [0.25, 0.3) is 11.4 Å². The van der Waals surface area contributed by atoms with Gasteiger partial charge >= 0.3 is 0 Å². The van der Waals surface area contributed by atoms with Crippen LogP contribution >= 0.6 is 0 Å². The lowest BCUT2D eigenvalue weighted by atomic mass is 10.2. The van der Waals surface area contributed by atoms with Gasteiger partial charge in [0.2, 0.25) is 5.96 Å². The second kappa shape index (κ2) is 7.26. The van der Waals surface area contributed by atoms with Gasteiger partial charge in [-0.3, -0.25) is 0 Å². The molecule has 0 radical (unpaired) electrons. The molecule has 3 rings (SSSR count). The summed E-state index contributed by atoms with van der Waals surface area (Å²) in [7, 11) is 0. The van der Waals surface area contributed by atoms with E-state index >= 15 is 0 Å². The van der Waals surface area contributed by atoms with Crippen LogP contribution in [0.3, 0.4) is 0 Å². The van der Waals surface area contributed by atoms with E-state index in [0.717, 1.165) is 11.4 Å². The van der Waals surface area contributed by atoms with Crippen molar-refractivity contribution in [2.45, 2.75) is 6.54 Å². The summed E-state index contributed by atoms with van der Waals surface area (Å²) >= 11 is 0. The first kappa shape index (κ1) is 16.2. The van der Waals surface area contributed by atoms with Crippen LogP contribution in [0.2, 0.25) is 0 Å². The maximum absolute atomic E-state index is 5.63. The maximum Gasteiger partial charge on any atom is 0.223 e. The summed E-state index contributed by atoms with van der Waals surface area (Å²) in [6.45, 7) is 0.695. The molecule has 0 saturated heterocycles. The monoisotopic (exact) mass is 334 g/mol. The minimum Gasteiger partial charge on any atom is -0.370 e. The van der Waals surface area contributed by atoms with Gasteiger partial charge in [0.05, 0.1) is 12.2 Å². The van der Waals surface area contributed by atoms with Gasteiger partial charge in [0, 0.05) is 5.56 Å². The van der Waals surface area contributed by atoms with Crippen molar-refractivity contribution in [2.24, 2.45) is 27.2 Å². The van der Waals surface area contributed by atoms with Crippen LogP contribution in [-0.2, 0) is 6.54 Å². The number of hydrogen-bond acceptors (Lipinski definition) is 3. The summed E-state index contributed by atoms with van der Waals surface area (Å²) in [6, 6.07) is 17.5. The standard InChI is InChI=1S/C17H18N8/c18-16(19)23-17(20)22-14-8-6-13(7-9-14)15-24-21-11-25(15)10-12-4-2-1-3-5-12/h1-9,11H,10H2,(H6,18,19,20,22,23). The fraction of sp³-hybridized carbons (Fsp3) is 0.0588. The molecule has 0 amide bonds. The molecule has 6 N–H and O–H groups in total. The van der Waals surface area contributed by atoms with Gasteiger partial charge < -0.3 is 21.8 Å². The molecule has 3 aromatic rings. The lowest BCUT2D eigenvalue weighted by molar-refractivity contribution is 0.803. The van der Waals surface area contributed by atoms with Gasteiger partial charge in [0.25, 0.3) is 0 Å². The van der Waals surface area contributed by atoms with Crippen LogP contribution in [0.15, 0.2) is 70.9 Å². The third kappa shape index (κ3) is 4.20. The molecule has 0 fully saturated rings. The Labute approximate surface area is 144 Å². The maximum atomic E-state index is 5.63. The van der Waals surface area contributed by atoms with E-state index in [0.29, 0.717) is 12.2 Å². The average molecular weight is 334 g/mol. The Balaban J connectivity index is 1.82. The number of aliphatic imine (C=N–C) groups is 2. The zero-order chi connectivity index (χ0) is 17.6. The molecule has 0 atom stereocenters. The van der Waals surface area contributed by atoms with Crippen molar-refractivity contribution in [1.29, 1.82) is 0 Å². The highest BCUT2D eigenvalue weighted by Gasteiger charge is 2.08. The van der Waals surface area contributed by atoms with E-state index in [-0.39, 0.29) is 11.9 Å². The van der Waals surface area contributed by atoms with Crippen molar-refractivity contribution in [3.8, 4) is 11.4 Å². The molecule has 0 unspecified atom stereocenters. The number of hydrogen-bond donors (Lipinski definition) is 3. The van der Waals surface area contributed by atoms with Gasteiger partial charge in [-0.25, -0.2) is 4.99 Å². The Morgan fingerprint density at radius 2 is 1.68 bits per heavy atom. The molecule has 1 heterocycles. The summed E-state index contributed by atoms with van der Waals surface area (Å²) in [6.07, 6.45) is 1.71. The Morgan fingerprint density at radius 1 is 0.960 bits per heavy atom. The van der Waals surface area contributed by atoms with Crippen molar-refractivity contribution < 1.29 is 0 Å². The van der Waals surface area contributed by atoms with Crippen molar-refractivity contribution in [3.63, 3.8) is 0 Å². The summed E-state index contributed by atoms with van der Waals surface area (Å²) in [5, 5.41) is 8.23. The topological polar surface area (TPSA) is 133 Å². The molecule has 8 heteroatoms. The largest absolute Gasteiger partial charge is 0.370 e. The van der Waals surface area contributed by atoms with Crippen LogP contribution in [0, 0.1) is 0 Å². The van der Waals surface area contributed by atoms with Crippen molar-refractivity contribution in [3.05, 3.63) is 66.5 Å². The highest BCUT2D eigenvalue weighted by atomic mass is 15.3. The first-order valence-corrected chi connectivity index (χ1v) is 7.58. The molecule has 0 bridgehead atoms. The SMILES string of the molecule is NC(N)=NC(N)=Nc1ccc(-c2nncn2Cc2ccccc2)cc1. The van der Waals surface area contributed by atoms with Crippen LogP contribution in [0.4, 0.5) is 5.69 Å². The lowest BCUT2D eigenvalue weighted by Gasteiger charge is -2.07. The molecule has 25 heavy (non-hydrogen) atoms. The molecule has 8 nitrogen and oxygen atoms in total. The highest BCUT2D eigenvalue weighted by Crippen LogP contribution is 2.21. The van der Waals surface area contributed by atoms with Gasteiger partial charge in [-0.2, -0.15) is 4.99 Å². The molecule has 1 aromatic heterocycles. The van der Waals surface area contributed by atoms with Gasteiger partial charge in [-0.1, -0.05) is 30.3 Å². The Bertz CT molecular complexity index is 890. The second-order valence-electron chi connectivity index (χ2n) is 5.32. The molecule has 126 valence electrons. The van der Waals surface area contributed by atoms with E-state index in [1.54, 1.807) is 6.33 Å². The van der Waals surface area contributed by atoms with Crippen molar-refractivity contribution in [2.75, 3.05) is 0 Å². The van der Waals surface area contributed by atoms with E-state index in [4.69, 9.17) is 17.2 Å². The van der Waals surface area contributed by atoms with E-state index in [1.807, 2.05) is 47.0 Å². The Morgan fingerprint density at radius 3 is 2.36 bits per heavy atom. The molecule has 0 aliphatic heterocycles. The number of benzene rings is 2. The number of rotatable bonds is 4. The zero-order valence-corrected chi connectivity index (χ0v) is 13.4. The van der Waals surface area contributed by atoms with Crippen molar-refractivity contribution >= 4 is 17.6 Å². The average Bonchev–Trinajstić information content (AvgIpc) is 3.04. The highest BCUT2D eigenvalue weighted by molar-refractivity contribution is 5.93. The predicted molar refractivity (Wildman–Crippen MR) is 98.1 cm³/mol. The molecular formula is C17H18N8. The third-order valence-electron chi connectivity index (χ3n) is 3.42. The first-order chi connectivity index (χ1) is 12.1. The third-order valence-corrected chi connectivity index (χ3v) is 3.42. The summed E-state index contributed by atoms with van der Waals surface area (Å²) in [5.74, 6) is 0.642. The normalized spacial score (nSPS) is 11.3. The minimum absolute atomic E-state index is 0.00000518. The van der Waals surface area contributed by atoms with Crippen LogP contribution in [0.5, 0.6) is 0 Å². The Kier molecular flexibility index (Phi) is 4.70. The second-order valence-corrected chi connectivity index (χ2v) is 5.32. The zero-order valence-electron chi connectivity index (χ0n) is 13.4. The molecule has 0 aliphatic rings. The number of nitrogens with two attached hydrogens (primary N) is 3. The molecule has 2 aromatic carbocycles. The molecule has 0 aliphatic carbocycles. The fourth-order valence-corrected chi connectivity index (χ4v) is 2.35. The smallest absolute Gasteiger partial charge is 0.223 e. The summed E-state index contributed by atoms with van der Waals surface area (Å²) in [5.41, 5.74) is 18.9. The lowest BCUT2D eigenvalue weighted by Crippen LogP contribution is -2.26. The van der Waals surface area contributed by atoms with E-state index < -0.39 is 0 Å². The molecule has 0 spiro atoms. The van der Waals surface area contributed by atoms with Crippen molar-refractivity contribution in [1.82, 2.24) is 14.8 Å². The van der Waals surface area contributed by atoms with E-state index in [1.165, 1.54) is 5.56 Å². The van der Waals surface area contributed by atoms with E-state index in [2.05, 4.69) is 32.3 Å². The summed E-state index contributed by atoms with van der Waals surface area (Å²) < 4.78 is 1.99. The number of aromatic nitrogens is 3. The van der Waals surface area contributed by atoms with Gasteiger partial charge in [-0.05, 0) is 29.8 Å². The predicted octanol–water partition coefficient (Wildman–Crippen LogP) is 1.21. The number of guanidine groups is 2. The Hall–Kier alpha value is -3.68. The van der Waals surface area contributed by atoms with E-state index in [9.17, 15) is 0 Å². The van der Waals surface area contributed by atoms with Gasteiger partial charge in [-0.15, -0.1) is 10.2 Å². The first-order valence-electron chi connectivity index (χ1n) is 7.58. The van der Waals surface area contributed by atoms with Crippen LogP contribution in [-0.4, -0.2) is 26.7 Å².